The molecule has 25 heavy (non-hydrogen) atoms. The summed E-state index contributed by atoms with van der Waals surface area (Å²) in [5.74, 6) is 0.127. The van der Waals surface area contributed by atoms with Gasteiger partial charge in [-0.1, -0.05) is 30.3 Å². The van der Waals surface area contributed by atoms with Crippen LogP contribution in [0.3, 0.4) is 0 Å². The number of rotatable bonds is 4. The Morgan fingerprint density at radius 3 is 2.56 bits per heavy atom. The Labute approximate surface area is 149 Å². The highest BCUT2D eigenvalue weighted by Gasteiger charge is 2.28. The van der Waals surface area contributed by atoms with Gasteiger partial charge in [0.15, 0.2) is 0 Å². The molecule has 0 unspecified atom stereocenters. The van der Waals surface area contributed by atoms with Gasteiger partial charge >= 0.3 is 0 Å². The number of benzene rings is 1. The molecule has 0 spiro atoms. The Kier molecular flexibility index (Phi) is 6.03. The average molecular weight is 342 g/mol. The smallest absolute Gasteiger partial charge is 0.236 e. The predicted molar refractivity (Wildman–Crippen MR) is 94.6 cm³/mol. The molecule has 0 aromatic heterocycles. The fourth-order valence-electron chi connectivity index (χ4n) is 3.70. The van der Waals surface area contributed by atoms with Gasteiger partial charge in [0.05, 0.1) is 18.7 Å². The molecule has 2 atom stereocenters. The van der Waals surface area contributed by atoms with Crippen molar-refractivity contribution >= 4 is 5.91 Å². The monoisotopic (exact) mass is 342 g/mol. The first kappa shape index (κ1) is 17.9. The van der Waals surface area contributed by atoms with Gasteiger partial charge in [-0.2, -0.15) is 5.26 Å². The van der Waals surface area contributed by atoms with E-state index < -0.39 is 0 Å². The molecule has 0 radical (unpaired) electrons. The second-order valence-electron chi connectivity index (χ2n) is 6.89. The molecule has 2 saturated heterocycles. The Balaban J connectivity index is 1.51. The van der Waals surface area contributed by atoms with Crippen molar-refractivity contribution in [3.8, 4) is 6.07 Å². The van der Waals surface area contributed by atoms with E-state index in [4.69, 9.17) is 0 Å². The fourth-order valence-corrected chi connectivity index (χ4v) is 3.70. The van der Waals surface area contributed by atoms with Crippen LogP contribution in [-0.4, -0.2) is 77.6 Å². The number of carbonyl (C=O) groups is 1. The number of β-amino-alcohol motifs (C(OH)–C–C–N with tert-alkyl or cyclic N) is 1. The molecule has 1 N–H and O–H groups in total. The number of carbonyl (C=O) groups excluding carboxylic acids is 1. The lowest BCUT2D eigenvalue weighted by Gasteiger charge is -2.38. The Morgan fingerprint density at radius 2 is 1.92 bits per heavy atom. The predicted octanol–water partition coefficient (Wildman–Crippen LogP) is 0.852. The molecule has 2 heterocycles. The maximum Gasteiger partial charge on any atom is 0.236 e. The van der Waals surface area contributed by atoms with Gasteiger partial charge in [0.2, 0.25) is 5.91 Å². The topological polar surface area (TPSA) is 70.8 Å². The average Bonchev–Trinajstić information content (AvgIpc) is 2.64. The lowest BCUT2D eigenvalue weighted by atomic mass is 10.1. The van der Waals surface area contributed by atoms with Crippen LogP contribution >= 0.6 is 0 Å². The quantitative estimate of drug-likeness (QED) is 0.878. The molecule has 0 aliphatic carbocycles. The number of hydrogen-bond acceptors (Lipinski definition) is 5. The van der Waals surface area contributed by atoms with E-state index >= 15 is 0 Å². The molecule has 0 bridgehead atoms. The van der Waals surface area contributed by atoms with Crippen molar-refractivity contribution in [3.05, 3.63) is 35.9 Å². The molecule has 2 aliphatic heterocycles. The lowest BCUT2D eigenvalue weighted by Crippen LogP contribution is -2.52. The van der Waals surface area contributed by atoms with Gasteiger partial charge in [0.1, 0.15) is 6.04 Å². The highest BCUT2D eigenvalue weighted by atomic mass is 16.3. The summed E-state index contributed by atoms with van der Waals surface area (Å²) in [5.41, 5.74) is 1.01. The van der Waals surface area contributed by atoms with E-state index in [-0.39, 0.29) is 18.1 Å². The van der Waals surface area contributed by atoms with Crippen LogP contribution in [0.15, 0.2) is 30.3 Å². The first-order valence-corrected chi connectivity index (χ1v) is 9.04. The van der Waals surface area contributed by atoms with Crippen LogP contribution in [-0.2, 0) is 4.79 Å². The van der Waals surface area contributed by atoms with E-state index in [0.29, 0.717) is 39.3 Å². The van der Waals surface area contributed by atoms with Crippen LogP contribution < -0.4 is 0 Å². The van der Waals surface area contributed by atoms with E-state index in [9.17, 15) is 15.2 Å². The zero-order valence-corrected chi connectivity index (χ0v) is 14.5. The molecular weight excluding hydrogens is 316 g/mol. The minimum Gasteiger partial charge on any atom is -0.392 e. The number of nitrogens with zero attached hydrogens (tertiary/aromatic N) is 4. The molecule has 0 saturated carbocycles. The molecule has 1 aromatic rings. The number of aliphatic hydroxyl groups excluding tert-OH is 1. The first-order valence-electron chi connectivity index (χ1n) is 9.04. The van der Waals surface area contributed by atoms with Gasteiger partial charge in [-0.05, 0) is 24.9 Å². The Morgan fingerprint density at radius 1 is 1.20 bits per heavy atom. The molecule has 6 nitrogen and oxygen atoms in total. The van der Waals surface area contributed by atoms with Crippen molar-refractivity contribution in [2.45, 2.75) is 25.0 Å². The summed E-state index contributed by atoms with van der Waals surface area (Å²) in [6.07, 6.45) is 1.47. The number of likely N-dealkylation sites (tertiary alicyclic amines) is 1. The van der Waals surface area contributed by atoms with Gasteiger partial charge in [-0.3, -0.25) is 14.6 Å². The zero-order valence-electron chi connectivity index (χ0n) is 14.5. The van der Waals surface area contributed by atoms with Crippen molar-refractivity contribution in [2.24, 2.45) is 0 Å². The van der Waals surface area contributed by atoms with E-state index in [0.717, 1.165) is 24.9 Å². The maximum absolute atomic E-state index is 12.5. The van der Waals surface area contributed by atoms with Crippen LogP contribution in [0.2, 0.25) is 0 Å². The van der Waals surface area contributed by atoms with E-state index in [1.807, 2.05) is 40.1 Å². The van der Waals surface area contributed by atoms with Crippen LogP contribution in [0.1, 0.15) is 24.4 Å². The summed E-state index contributed by atoms with van der Waals surface area (Å²) in [6.45, 7) is 4.59. The highest BCUT2D eigenvalue weighted by Crippen LogP contribution is 2.21. The first-order chi connectivity index (χ1) is 12.2. The largest absolute Gasteiger partial charge is 0.392 e. The van der Waals surface area contributed by atoms with Crippen LogP contribution in [0.25, 0.3) is 0 Å². The molecule has 3 rings (SSSR count). The van der Waals surface area contributed by atoms with Crippen LogP contribution in [0, 0.1) is 11.3 Å². The minimum absolute atomic E-state index is 0.127. The summed E-state index contributed by atoms with van der Waals surface area (Å²) >= 11 is 0. The third-order valence-corrected chi connectivity index (χ3v) is 5.11. The van der Waals surface area contributed by atoms with Gasteiger partial charge < -0.3 is 10.0 Å². The van der Waals surface area contributed by atoms with Crippen molar-refractivity contribution in [1.29, 1.82) is 5.26 Å². The standard InChI is InChI=1S/C19H26N4O2/c20-13-18(16-5-2-1-3-6-16)22-9-11-23(12-10-22)19(25)15-21-8-4-7-17(24)14-21/h1-3,5-6,17-18,24H,4,7-12,14-15H2/t17-,18-/m0/s1. The van der Waals surface area contributed by atoms with Gasteiger partial charge in [-0.15, -0.1) is 0 Å². The normalized spacial score (nSPS) is 23.8. The second kappa shape index (κ2) is 8.43. The summed E-state index contributed by atoms with van der Waals surface area (Å²) in [7, 11) is 0. The van der Waals surface area contributed by atoms with Gasteiger partial charge in [0, 0.05) is 32.7 Å². The maximum atomic E-state index is 12.5. The van der Waals surface area contributed by atoms with E-state index in [1.165, 1.54) is 0 Å². The SMILES string of the molecule is N#C[C@@H](c1ccccc1)N1CCN(C(=O)CN2CCC[C@H](O)C2)CC1. The zero-order chi connectivity index (χ0) is 17.6. The second-order valence-corrected chi connectivity index (χ2v) is 6.89. The summed E-state index contributed by atoms with van der Waals surface area (Å²) < 4.78 is 0. The van der Waals surface area contributed by atoms with E-state index in [2.05, 4.69) is 11.0 Å². The summed E-state index contributed by atoms with van der Waals surface area (Å²) in [4.78, 5) is 18.6. The number of amides is 1. The van der Waals surface area contributed by atoms with E-state index in [1.54, 1.807) is 0 Å². The molecule has 1 amide bonds. The van der Waals surface area contributed by atoms with Gasteiger partial charge in [0.25, 0.3) is 0 Å². The molecule has 134 valence electrons. The number of hydrogen-bond donors (Lipinski definition) is 1. The molecular formula is C19H26N4O2. The number of piperidine rings is 1. The van der Waals surface area contributed by atoms with Crippen LogP contribution in [0.4, 0.5) is 0 Å². The number of aliphatic hydroxyl groups is 1. The van der Waals surface area contributed by atoms with Crippen LogP contribution in [0.5, 0.6) is 0 Å². The fraction of sp³-hybridized carbons (Fsp3) is 0.579. The lowest BCUT2D eigenvalue weighted by molar-refractivity contribution is -0.135. The Hall–Kier alpha value is -1.94. The van der Waals surface area contributed by atoms with Crippen molar-refractivity contribution < 1.29 is 9.90 Å². The molecule has 1 aromatic carbocycles. The van der Waals surface area contributed by atoms with Crippen molar-refractivity contribution in [1.82, 2.24) is 14.7 Å². The third-order valence-electron chi connectivity index (χ3n) is 5.11. The number of nitriles is 1. The Bertz CT molecular complexity index is 608. The molecule has 2 fully saturated rings. The highest BCUT2D eigenvalue weighted by molar-refractivity contribution is 5.78. The number of piperazine rings is 1. The molecule has 2 aliphatic rings. The summed E-state index contributed by atoms with van der Waals surface area (Å²) in [6, 6.07) is 11.9. The van der Waals surface area contributed by atoms with Crippen molar-refractivity contribution in [2.75, 3.05) is 45.8 Å². The van der Waals surface area contributed by atoms with Gasteiger partial charge in [-0.25, -0.2) is 0 Å². The van der Waals surface area contributed by atoms with Crippen molar-refractivity contribution in [3.63, 3.8) is 0 Å². The third kappa shape index (κ3) is 4.57. The minimum atomic E-state index is -0.305. The summed E-state index contributed by atoms with van der Waals surface area (Å²) in [5, 5.41) is 19.3. The molecule has 6 heteroatoms.